The Bertz CT molecular complexity index is 861. The molecule has 0 fully saturated rings. The lowest BCUT2D eigenvalue weighted by Crippen LogP contribution is -2.27. The molecule has 0 radical (unpaired) electrons. The maximum atomic E-state index is 12.6. The van der Waals surface area contributed by atoms with E-state index in [2.05, 4.69) is 24.3 Å². The van der Waals surface area contributed by atoms with Crippen LogP contribution in [-0.2, 0) is 4.74 Å². The number of hydrogen-bond donors (Lipinski definition) is 0. The van der Waals surface area contributed by atoms with Crippen molar-refractivity contribution in [1.82, 2.24) is 4.90 Å². The number of hydrogen-bond acceptors (Lipinski definition) is 2. The third-order valence-electron chi connectivity index (χ3n) is 4.29. The first-order valence-corrected chi connectivity index (χ1v) is 9.03. The summed E-state index contributed by atoms with van der Waals surface area (Å²) >= 11 is 0. The Balaban J connectivity index is 2.31. The van der Waals surface area contributed by atoms with Crippen molar-refractivity contribution in [2.75, 3.05) is 13.7 Å². The van der Waals surface area contributed by atoms with Gasteiger partial charge in [0.25, 0.3) is 0 Å². The SMILES string of the molecule is CCOC(=O)N(C)C(=C(c1ccccc1)c1ccccc1)c1ccccc1. The first-order chi connectivity index (χ1) is 13.2. The zero-order valence-electron chi connectivity index (χ0n) is 15.6. The standard InChI is InChI=1S/C24H23NO2/c1-3-27-24(26)25(2)23(21-17-11-6-12-18-21)22(19-13-7-4-8-14-19)20-15-9-5-10-16-20/h4-18H,3H2,1-2H3. The van der Waals surface area contributed by atoms with E-state index in [1.54, 1.807) is 11.9 Å². The summed E-state index contributed by atoms with van der Waals surface area (Å²) in [5.41, 5.74) is 4.83. The highest BCUT2D eigenvalue weighted by molar-refractivity contribution is 6.01. The molecule has 0 atom stereocenters. The topological polar surface area (TPSA) is 29.5 Å². The van der Waals surface area contributed by atoms with Crippen LogP contribution in [0.25, 0.3) is 11.3 Å². The fourth-order valence-corrected chi connectivity index (χ4v) is 3.06. The molecule has 0 aliphatic rings. The molecule has 3 aromatic carbocycles. The number of rotatable bonds is 5. The van der Waals surface area contributed by atoms with Crippen LogP contribution in [0.1, 0.15) is 23.6 Å². The van der Waals surface area contributed by atoms with Gasteiger partial charge >= 0.3 is 6.09 Å². The first-order valence-electron chi connectivity index (χ1n) is 9.03. The zero-order chi connectivity index (χ0) is 19.1. The second-order valence-electron chi connectivity index (χ2n) is 6.08. The second kappa shape index (κ2) is 8.86. The molecule has 136 valence electrons. The van der Waals surface area contributed by atoms with Crippen molar-refractivity contribution in [2.45, 2.75) is 6.92 Å². The van der Waals surface area contributed by atoms with Crippen LogP contribution in [0, 0.1) is 0 Å². The van der Waals surface area contributed by atoms with Gasteiger partial charge in [-0.25, -0.2) is 4.79 Å². The molecule has 3 heteroatoms. The van der Waals surface area contributed by atoms with E-state index in [1.807, 2.05) is 73.7 Å². The third kappa shape index (κ3) is 4.26. The molecular weight excluding hydrogens is 334 g/mol. The lowest BCUT2D eigenvalue weighted by Gasteiger charge is -2.25. The minimum Gasteiger partial charge on any atom is -0.449 e. The highest BCUT2D eigenvalue weighted by Crippen LogP contribution is 2.34. The van der Waals surface area contributed by atoms with Gasteiger partial charge in [-0.1, -0.05) is 91.0 Å². The highest BCUT2D eigenvalue weighted by atomic mass is 16.6. The molecule has 0 aliphatic carbocycles. The number of nitrogens with zero attached hydrogens (tertiary/aromatic N) is 1. The molecule has 0 aromatic heterocycles. The monoisotopic (exact) mass is 357 g/mol. The minimum atomic E-state index is -0.374. The smallest absolute Gasteiger partial charge is 0.414 e. The van der Waals surface area contributed by atoms with E-state index in [4.69, 9.17) is 4.74 Å². The lowest BCUT2D eigenvalue weighted by molar-refractivity contribution is 0.131. The maximum absolute atomic E-state index is 12.6. The zero-order valence-corrected chi connectivity index (χ0v) is 15.6. The first kappa shape index (κ1) is 18.5. The average Bonchev–Trinajstić information content (AvgIpc) is 2.73. The summed E-state index contributed by atoms with van der Waals surface area (Å²) in [5, 5.41) is 0. The van der Waals surface area contributed by atoms with Gasteiger partial charge in [0, 0.05) is 12.6 Å². The Kier molecular flexibility index (Phi) is 6.06. The minimum absolute atomic E-state index is 0.331. The van der Waals surface area contributed by atoms with E-state index < -0.39 is 0 Å². The number of ether oxygens (including phenoxy) is 1. The molecule has 0 heterocycles. The van der Waals surface area contributed by atoms with Gasteiger partial charge in [0.05, 0.1) is 12.3 Å². The Morgan fingerprint density at radius 3 is 1.56 bits per heavy atom. The molecule has 0 saturated heterocycles. The van der Waals surface area contributed by atoms with Crippen LogP contribution < -0.4 is 0 Å². The van der Waals surface area contributed by atoms with Gasteiger partial charge in [-0.2, -0.15) is 0 Å². The Morgan fingerprint density at radius 1 is 0.741 bits per heavy atom. The molecule has 0 N–H and O–H groups in total. The third-order valence-corrected chi connectivity index (χ3v) is 4.29. The van der Waals surface area contributed by atoms with E-state index in [0.717, 1.165) is 28.0 Å². The summed E-state index contributed by atoms with van der Waals surface area (Å²) in [7, 11) is 1.76. The number of amides is 1. The van der Waals surface area contributed by atoms with Crippen LogP contribution in [0.5, 0.6) is 0 Å². The Morgan fingerprint density at radius 2 is 1.15 bits per heavy atom. The van der Waals surface area contributed by atoms with Crippen LogP contribution in [0.3, 0.4) is 0 Å². The van der Waals surface area contributed by atoms with Gasteiger partial charge in [0.1, 0.15) is 0 Å². The molecule has 1 amide bonds. The fraction of sp³-hybridized carbons (Fsp3) is 0.125. The maximum Gasteiger partial charge on any atom is 0.414 e. The van der Waals surface area contributed by atoms with E-state index in [9.17, 15) is 4.79 Å². The van der Waals surface area contributed by atoms with Gasteiger partial charge in [0.15, 0.2) is 0 Å². The van der Waals surface area contributed by atoms with E-state index in [0.29, 0.717) is 6.61 Å². The second-order valence-corrected chi connectivity index (χ2v) is 6.08. The summed E-state index contributed by atoms with van der Waals surface area (Å²) in [6.45, 7) is 2.14. The normalized spacial score (nSPS) is 10.1. The summed E-state index contributed by atoms with van der Waals surface area (Å²) in [6.07, 6.45) is -0.374. The molecule has 3 aromatic rings. The molecule has 0 spiro atoms. The largest absolute Gasteiger partial charge is 0.449 e. The quantitative estimate of drug-likeness (QED) is 0.549. The van der Waals surface area contributed by atoms with Crippen LogP contribution in [0.4, 0.5) is 4.79 Å². The van der Waals surface area contributed by atoms with Crippen molar-refractivity contribution < 1.29 is 9.53 Å². The Hall–Kier alpha value is -3.33. The van der Waals surface area contributed by atoms with E-state index >= 15 is 0 Å². The average molecular weight is 357 g/mol. The summed E-state index contributed by atoms with van der Waals surface area (Å²) < 4.78 is 5.28. The van der Waals surface area contributed by atoms with Gasteiger partial charge in [-0.3, -0.25) is 4.90 Å². The molecule has 0 unspecified atom stereocenters. The van der Waals surface area contributed by atoms with Crippen LogP contribution in [-0.4, -0.2) is 24.6 Å². The summed E-state index contributed by atoms with van der Waals surface area (Å²) in [5.74, 6) is 0. The molecule has 3 rings (SSSR count). The van der Waals surface area contributed by atoms with Gasteiger partial charge < -0.3 is 4.74 Å². The van der Waals surface area contributed by atoms with Crippen LogP contribution in [0.2, 0.25) is 0 Å². The predicted octanol–water partition coefficient (Wildman–Crippen LogP) is 5.69. The molecule has 0 aliphatic heterocycles. The number of carbonyl (C=O) groups is 1. The summed E-state index contributed by atoms with van der Waals surface area (Å²) in [4.78, 5) is 14.2. The van der Waals surface area contributed by atoms with Crippen molar-refractivity contribution in [1.29, 1.82) is 0 Å². The molecule has 27 heavy (non-hydrogen) atoms. The number of benzene rings is 3. The van der Waals surface area contributed by atoms with Gasteiger partial charge in [-0.05, 0) is 23.6 Å². The predicted molar refractivity (Wildman–Crippen MR) is 110 cm³/mol. The van der Waals surface area contributed by atoms with E-state index in [1.165, 1.54) is 0 Å². The summed E-state index contributed by atoms with van der Waals surface area (Å²) in [6, 6.07) is 30.2. The van der Waals surface area contributed by atoms with Gasteiger partial charge in [0.2, 0.25) is 0 Å². The highest BCUT2D eigenvalue weighted by Gasteiger charge is 2.22. The van der Waals surface area contributed by atoms with Gasteiger partial charge in [-0.15, -0.1) is 0 Å². The Labute approximate surface area is 160 Å². The molecular formula is C24H23NO2. The molecule has 0 bridgehead atoms. The fourth-order valence-electron chi connectivity index (χ4n) is 3.06. The van der Waals surface area contributed by atoms with E-state index in [-0.39, 0.29) is 6.09 Å². The van der Waals surface area contributed by atoms with Crippen molar-refractivity contribution in [3.8, 4) is 0 Å². The van der Waals surface area contributed by atoms with Crippen LogP contribution in [0.15, 0.2) is 91.0 Å². The van der Waals surface area contributed by atoms with Crippen molar-refractivity contribution in [3.05, 3.63) is 108 Å². The van der Waals surface area contributed by atoms with Crippen molar-refractivity contribution >= 4 is 17.4 Å². The van der Waals surface area contributed by atoms with Crippen molar-refractivity contribution in [2.24, 2.45) is 0 Å². The molecule has 0 saturated carbocycles. The van der Waals surface area contributed by atoms with Crippen molar-refractivity contribution in [3.63, 3.8) is 0 Å². The lowest BCUT2D eigenvalue weighted by atomic mass is 9.92. The number of carbonyl (C=O) groups excluding carboxylic acids is 1. The van der Waals surface area contributed by atoms with Crippen LogP contribution >= 0.6 is 0 Å². The molecule has 3 nitrogen and oxygen atoms in total.